The van der Waals surface area contributed by atoms with E-state index >= 15 is 0 Å². The summed E-state index contributed by atoms with van der Waals surface area (Å²) >= 11 is 0. The number of carbonyl (C=O) groups is 1. The molecule has 0 saturated heterocycles. The maximum Gasteiger partial charge on any atom is 0.334 e. The molecule has 0 heterocycles. The van der Waals surface area contributed by atoms with Gasteiger partial charge in [0, 0.05) is 13.1 Å². The first kappa shape index (κ1) is 18.0. The molecule has 98 valence electrons. The topological polar surface area (TPSA) is 77.8 Å². The van der Waals surface area contributed by atoms with Gasteiger partial charge in [0.15, 0.2) is 0 Å². The standard InChI is InChI=1S/C6H14NO4P.C4H10/c1-3-7(4-2)6(8)5-12(9,10)11;1-3-4-2/h3-5H2,1-2H3,(H2,9,10,11);3-4H2,1-2H3. The van der Waals surface area contributed by atoms with E-state index in [-0.39, 0.29) is 0 Å². The number of nitrogens with zero attached hydrogens (tertiary/aromatic N) is 1. The monoisotopic (exact) mass is 253 g/mol. The second kappa shape index (κ2) is 9.82. The molecule has 0 aliphatic rings. The van der Waals surface area contributed by atoms with Crippen molar-refractivity contribution in [3.05, 3.63) is 0 Å². The molecule has 0 aliphatic carbocycles. The Balaban J connectivity index is 0. The van der Waals surface area contributed by atoms with Crippen molar-refractivity contribution in [2.24, 2.45) is 0 Å². The van der Waals surface area contributed by atoms with E-state index in [2.05, 4.69) is 13.8 Å². The highest BCUT2D eigenvalue weighted by Gasteiger charge is 2.21. The van der Waals surface area contributed by atoms with Crippen LogP contribution in [-0.4, -0.2) is 39.8 Å². The highest BCUT2D eigenvalue weighted by molar-refractivity contribution is 7.52. The van der Waals surface area contributed by atoms with Gasteiger partial charge in [-0.2, -0.15) is 0 Å². The van der Waals surface area contributed by atoms with Crippen LogP contribution in [0.1, 0.15) is 40.5 Å². The zero-order valence-electron chi connectivity index (χ0n) is 10.6. The lowest BCUT2D eigenvalue weighted by atomic mass is 10.4. The molecule has 0 radical (unpaired) electrons. The number of carbonyl (C=O) groups excluding carboxylic acids is 1. The number of unbranched alkanes of at least 4 members (excludes halogenated alkanes) is 1. The molecule has 0 rings (SSSR count). The second-order valence-corrected chi connectivity index (χ2v) is 5.03. The largest absolute Gasteiger partial charge is 0.343 e. The van der Waals surface area contributed by atoms with Crippen molar-refractivity contribution in [1.82, 2.24) is 4.90 Å². The minimum atomic E-state index is -4.19. The van der Waals surface area contributed by atoms with E-state index in [9.17, 15) is 9.36 Å². The van der Waals surface area contributed by atoms with Crippen LogP contribution in [0.2, 0.25) is 0 Å². The van der Waals surface area contributed by atoms with Gasteiger partial charge in [-0.1, -0.05) is 26.7 Å². The quantitative estimate of drug-likeness (QED) is 0.733. The predicted molar refractivity (Wildman–Crippen MR) is 65.4 cm³/mol. The average molecular weight is 253 g/mol. The minimum absolute atomic E-state index is 0.481. The van der Waals surface area contributed by atoms with Crippen molar-refractivity contribution < 1.29 is 19.1 Å². The lowest BCUT2D eigenvalue weighted by Crippen LogP contribution is -2.32. The molecule has 0 bridgehead atoms. The molecule has 6 heteroatoms. The van der Waals surface area contributed by atoms with Crippen LogP contribution in [0.5, 0.6) is 0 Å². The van der Waals surface area contributed by atoms with Crippen molar-refractivity contribution >= 4 is 13.5 Å². The molecule has 0 aliphatic heterocycles. The summed E-state index contributed by atoms with van der Waals surface area (Å²) in [5.74, 6) is -0.492. The second-order valence-electron chi connectivity index (χ2n) is 3.39. The third kappa shape index (κ3) is 11.7. The Hall–Kier alpha value is -0.380. The molecule has 2 N–H and O–H groups in total. The van der Waals surface area contributed by atoms with Gasteiger partial charge in [-0.25, -0.2) is 0 Å². The molecule has 0 spiro atoms. The summed E-state index contributed by atoms with van der Waals surface area (Å²) in [6.45, 7) is 8.85. The van der Waals surface area contributed by atoms with E-state index in [0.717, 1.165) is 0 Å². The summed E-state index contributed by atoms with van der Waals surface area (Å²) in [4.78, 5) is 29.4. The van der Waals surface area contributed by atoms with Gasteiger partial charge in [-0.3, -0.25) is 9.36 Å². The predicted octanol–water partition coefficient (Wildman–Crippen LogP) is 1.84. The highest BCUT2D eigenvalue weighted by Crippen LogP contribution is 2.34. The number of hydrogen-bond acceptors (Lipinski definition) is 2. The molecule has 0 aromatic heterocycles. The zero-order chi connectivity index (χ0) is 13.2. The maximum atomic E-state index is 11.1. The van der Waals surface area contributed by atoms with Gasteiger partial charge in [0.05, 0.1) is 0 Å². The minimum Gasteiger partial charge on any atom is -0.343 e. The van der Waals surface area contributed by atoms with Gasteiger partial charge in [0.2, 0.25) is 5.91 Å². The summed E-state index contributed by atoms with van der Waals surface area (Å²) in [6, 6.07) is 0. The lowest BCUT2D eigenvalue weighted by Gasteiger charge is -2.18. The Labute approximate surface area is 98.0 Å². The first-order valence-electron chi connectivity index (χ1n) is 5.64. The summed E-state index contributed by atoms with van der Waals surface area (Å²) < 4.78 is 10.4. The third-order valence-corrected chi connectivity index (χ3v) is 2.64. The smallest absolute Gasteiger partial charge is 0.334 e. The van der Waals surface area contributed by atoms with Crippen LogP contribution >= 0.6 is 7.60 Å². The fraction of sp³-hybridized carbons (Fsp3) is 0.900. The molecular formula is C10H24NO4P. The molecule has 0 saturated carbocycles. The van der Waals surface area contributed by atoms with Crippen molar-refractivity contribution in [1.29, 1.82) is 0 Å². The van der Waals surface area contributed by atoms with E-state index in [4.69, 9.17) is 9.79 Å². The molecule has 0 fully saturated rings. The summed E-state index contributed by atoms with van der Waals surface area (Å²) in [6.07, 6.45) is 1.95. The molecule has 1 amide bonds. The van der Waals surface area contributed by atoms with Crippen LogP contribution in [0.3, 0.4) is 0 Å². The van der Waals surface area contributed by atoms with Crippen molar-refractivity contribution in [3.63, 3.8) is 0 Å². The van der Waals surface area contributed by atoms with E-state index in [1.54, 1.807) is 13.8 Å². The Morgan fingerprint density at radius 1 is 1.06 bits per heavy atom. The average Bonchev–Trinajstić information content (AvgIpc) is 2.17. The van der Waals surface area contributed by atoms with Crippen LogP contribution in [0.15, 0.2) is 0 Å². The van der Waals surface area contributed by atoms with Gasteiger partial charge in [0.25, 0.3) is 0 Å². The van der Waals surface area contributed by atoms with Crippen molar-refractivity contribution in [3.8, 4) is 0 Å². The highest BCUT2D eigenvalue weighted by atomic mass is 31.2. The normalized spacial score (nSPS) is 10.4. The summed E-state index contributed by atoms with van der Waals surface area (Å²) in [7, 11) is -4.19. The Bertz CT molecular complexity index is 221. The molecule has 0 aromatic carbocycles. The van der Waals surface area contributed by atoms with E-state index < -0.39 is 19.7 Å². The van der Waals surface area contributed by atoms with Crippen LogP contribution in [-0.2, 0) is 9.36 Å². The van der Waals surface area contributed by atoms with Gasteiger partial charge in [0.1, 0.15) is 6.16 Å². The number of amides is 1. The van der Waals surface area contributed by atoms with Crippen LogP contribution in [0, 0.1) is 0 Å². The number of hydrogen-bond donors (Lipinski definition) is 2. The fourth-order valence-corrected chi connectivity index (χ4v) is 1.40. The Kier molecular flexibility index (Phi) is 11.0. The van der Waals surface area contributed by atoms with Gasteiger partial charge >= 0.3 is 7.60 Å². The zero-order valence-corrected chi connectivity index (χ0v) is 11.5. The van der Waals surface area contributed by atoms with E-state index in [0.29, 0.717) is 13.1 Å². The Morgan fingerprint density at radius 3 is 1.62 bits per heavy atom. The first-order valence-corrected chi connectivity index (χ1v) is 7.44. The van der Waals surface area contributed by atoms with Crippen LogP contribution < -0.4 is 0 Å². The molecular weight excluding hydrogens is 229 g/mol. The van der Waals surface area contributed by atoms with Crippen LogP contribution in [0.25, 0.3) is 0 Å². The lowest BCUT2D eigenvalue weighted by molar-refractivity contribution is -0.128. The Morgan fingerprint density at radius 2 is 1.44 bits per heavy atom. The third-order valence-electron chi connectivity index (χ3n) is 1.96. The number of rotatable bonds is 5. The van der Waals surface area contributed by atoms with Gasteiger partial charge in [-0.15, -0.1) is 0 Å². The summed E-state index contributed by atoms with van der Waals surface area (Å²) in [5, 5.41) is 0. The van der Waals surface area contributed by atoms with E-state index in [1.807, 2.05) is 0 Å². The molecule has 5 nitrogen and oxygen atoms in total. The van der Waals surface area contributed by atoms with Gasteiger partial charge in [-0.05, 0) is 13.8 Å². The maximum absolute atomic E-state index is 11.1. The van der Waals surface area contributed by atoms with Crippen molar-refractivity contribution in [2.75, 3.05) is 19.3 Å². The first-order chi connectivity index (χ1) is 7.32. The summed E-state index contributed by atoms with van der Waals surface area (Å²) in [5.41, 5.74) is 0. The SMILES string of the molecule is CCCC.CCN(CC)C(=O)CP(=O)(O)O. The molecule has 16 heavy (non-hydrogen) atoms. The molecule has 0 atom stereocenters. The van der Waals surface area contributed by atoms with Crippen LogP contribution in [0.4, 0.5) is 0 Å². The van der Waals surface area contributed by atoms with Gasteiger partial charge < -0.3 is 14.7 Å². The molecule has 0 aromatic rings. The van der Waals surface area contributed by atoms with E-state index in [1.165, 1.54) is 17.7 Å². The van der Waals surface area contributed by atoms with Crippen molar-refractivity contribution in [2.45, 2.75) is 40.5 Å². The fourth-order valence-electron chi connectivity index (χ4n) is 0.853. The molecule has 0 unspecified atom stereocenters.